The minimum atomic E-state index is -0.122. The van der Waals surface area contributed by atoms with E-state index in [1.54, 1.807) is 12.1 Å². The van der Waals surface area contributed by atoms with Crippen LogP contribution in [0.1, 0.15) is 46.6 Å². The van der Waals surface area contributed by atoms with Gasteiger partial charge in [0, 0.05) is 25.2 Å². The Hall–Kier alpha value is -1.09. The lowest BCUT2D eigenvalue weighted by atomic mass is 10.1. The monoisotopic (exact) mass is 266 g/mol. The minimum absolute atomic E-state index is 0.0331. The number of benzene rings is 1. The molecule has 1 aromatic carbocycles. The quantitative estimate of drug-likeness (QED) is 0.838. The Morgan fingerprint density at radius 1 is 1.21 bits per heavy atom. The fourth-order valence-electron chi connectivity index (χ4n) is 2.12. The van der Waals surface area contributed by atoms with Gasteiger partial charge in [-0.15, -0.1) is 0 Å². The van der Waals surface area contributed by atoms with Gasteiger partial charge in [0.1, 0.15) is 5.82 Å². The maximum absolute atomic E-state index is 14.2. The fourth-order valence-corrected chi connectivity index (χ4v) is 2.12. The van der Waals surface area contributed by atoms with Gasteiger partial charge in [0.2, 0.25) is 0 Å². The van der Waals surface area contributed by atoms with Crippen molar-refractivity contribution < 1.29 is 4.39 Å². The van der Waals surface area contributed by atoms with Crippen LogP contribution in [0.5, 0.6) is 0 Å². The van der Waals surface area contributed by atoms with Crippen molar-refractivity contribution in [2.45, 2.75) is 53.1 Å². The average molecular weight is 266 g/mol. The minimum Gasteiger partial charge on any atom is -0.369 e. The molecule has 19 heavy (non-hydrogen) atoms. The summed E-state index contributed by atoms with van der Waals surface area (Å²) in [7, 11) is 0. The number of anilines is 1. The van der Waals surface area contributed by atoms with Crippen LogP contribution in [-0.4, -0.2) is 18.6 Å². The molecule has 0 amide bonds. The van der Waals surface area contributed by atoms with Crippen molar-refractivity contribution in [2.75, 3.05) is 18.0 Å². The Kier molecular flexibility index (Phi) is 5.80. The maximum Gasteiger partial charge on any atom is 0.146 e. The Bertz CT molecular complexity index is 396. The predicted molar refractivity (Wildman–Crippen MR) is 81.2 cm³/mol. The molecule has 0 aliphatic rings. The van der Waals surface area contributed by atoms with Crippen LogP contribution in [0.25, 0.3) is 0 Å². The topological polar surface area (TPSA) is 15.3 Å². The summed E-state index contributed by atoms with van der Waals surface area (Å²) in [6, 6.07) is 5.35. The van der Waals surface area contributed by atoms with E-state index in [4.69, 9.17) is 0 Å². The fraction of sp³-hybridized carbons (Fsp3) is 0.625. The third-order valence-corrected chi connectivity index (χ3v) is 3.07. The SMILES string of the molecule is CCCN(CC)c1c(F)cccc1CNC(C)(C)C. The third kappa shape index (κ3) is 4.83. The Morgan fingerprint density at radius 3 is 2.42 bits per heavy atom. The van der Waals surface area contributed by atoms with Gasteiger partial charge >= 0.3 is 0 Å². The van der Waals surface area contributed by atoms with Crippen LogP contribution in [0.4, 0.5) is 10.1 Å². The molecular formula is C16H27FN2. The van der Waals surface area contributed by atoms with E-state index in [0.29, 0.717) is 6.54 Å². The molecule has 0 aliphatic heterocycles. The Morgan fingerprint density at radius 2 is 1.89 bits per heavy atom. The highest BCUT2D eigenvalue weighted by atomic mass is 19.1. The van der Waals surface area contributed by atoms with Crippen LogP contribution < -0.4 is 10.2 Å². The number of nitrogens with one attached hydrogen (secondary N) is 1. The van der Waals surface area contributed by atoms with Crippen LogP contribution in [0, 0.1) is 5.82 Å². The first kappa shape index (κ1) is 16.0. The van der Waals surface area contributed by atoms with Gasteiger partial charge in [-0.05, 0) is 45.7 Å². The first-order valence-corrected chi connectivity index (χ1v) is 7.16. The highest BCUT2D eigenvalue weighted by molar-refractivity contribution is 5.54. The largest absolute Gasteiger partial charge is 0.369 e. The van der Waals surface area contributed by atoms with Crippen molar-refractivity contribution in [1.29, 1.82) is 0 Å². The summed E-state index contributed by atoms with van der Waals surface area (Å²) in [6.45, 7) is 13.0. The van der Waals surface area contributed by atoms with E-state index in [2.05, 4.69) is 44.8 Å². The molecule has 0 aliphatic carbocycles. The molecule has 1 aromatic rings. The molecule has 0 saturated carbocycles. The second kappa shape index (κ2) is 6.90. The molecule has 0 radical (unpaired) electrons. The lowest BCUT2D eigenvalue weighted by molar-refractivity contribution is 0.423. The number of nitrogens with zero attached hydrogens (tertiary/aromatic N) is 1. The number of para-hydroxylation sites is 1. The summed E-state index contributed by atoms with van der Waals surface area (Å²) in [5.41, 5.74) is 1.82. The molecule has 1 rings (SSSR count). The molecule has 2 nitrogen and oxygen atoms in total. The van der Waals surface area contributed by atoms with Crippen molar-refractivity contribution in [1.82, 2.24) is 5.32 Å². The van der Waals surface area contributed by atoms with Gasteiger partial charge < -0.3 is 10.2 Å². The van der Waals surface area contributed by atoms with E-state index >= 15 is 0 Å². The van der Waals surface area contributed by atoms with Gasteiger partial charge in [-0.25, -0.2) is 4.39 Å². The van der Waals surface area contributed by atoms with Crippen LogP contribution in [-0.2, 0) is 6.54 Å². The molecular weight excluding hydrogens is 239 g/mol. The van der Waals surface area contributed by atoms with E-state index in [0.717, 1.165) is 30.8 Å². The standard InChI is InChI=1S/C16H27FN2/c1-6-11-19(7-2)15-13(9-8-10-14(15)17)12-18-16(3,4)5/h8-10,18H,6-7,11-12H2,1-5H3. The zero-order valence-electron chi connectivity index (χ0n) is 12.9. The van der Waals surface area contributed by atoms with Crippen LogP contribution in [0.2, 0.25) is 0 Å². The van der Waals surface area contributed by atoms with Crippen LogP contribution >= 0.6 is 0 Å². The van der Waals surface area contributed by atoms with Crippen molar-refractivity contribution in [3.05, 3.63) is 29.6 Å². The van der Waals surface area contributed by atoms with Gasteiger partial charge in [0.15, 0.2) is 0 Å². The molecule has 0 unspecified atom stereocenters. The van der Waals surface area contributed by atoms with Crippen molar-refractivity contribution in [2.24, 2.45) is 0 Å². The molecule has 108 valence electrons. The molecule has 0 heterocycles. The van der Waals surface area contributed by atoms with Crippen LogP contribution in [0.3, 0.4) is 0 Å². The smallest absolute Gasteiger partial charge is 0.146 e. The highest BCUT2D eigenvalue weighted by Gasteiger charge is 2.16. The number of hydrogen-bond donors (Lipinski definition) is 1. The van der Waals surface area contributed by atoms with E-state index in [9.17, 15) is 4.39 Å². The third-order valence-electron chi connectivity index (χ3n) is 3.07. The summed E-state index contributed by atoms with van der Waals surface area (Å²) in [5.74, 6) is -0.122. The van der Waals surface area contributed by atoms with Crippen molar-refractivity contribution in [3.63, 3.8) is 0 Å². The molecule has 0 fully saturated rings. The highest BCUT2D eigenvalue weighted by Crippen LogP contribution is 2.25. The predicted octanol–water partition coefficient (Wildman–Crippen LogP) is 3.95. The molecule has 0 spiro atoms. The Balaban J connectivity index is 3.00. The zero-order chi connectivity index (χ0) is 14.5. The molecule has 0 bridgehead atoms. The number of rotatable bonds is 6. The molecule has 3 heteroatoms. The zero-order valence-corrected chi connectivity index (χ0v) is 12.9. The van der Waals surface area contributed by atoms with Crippen LogP contribution in [0.15, 0.2) is 18.2 Å². The molecule has 0 saturated heterocycles. The first-order valence-electron chi connectivity index (χ1n) is 7.16. The molecule has 0 aromatic heterocycles. The van der Waals surface area contributed by atoms with Gasteiger partial charge in [0.05, 0.1) is 5.69 Å². The average Bonchev–Trinajstić information content (AvgIpc) is 2.33. The maximum atomic E-state index is 14.2. The number of halogens is 1. The lowest BCUT2D eigenvalue weighted by Gasteiger charge is -2.27. The second-order valence-electron chi connectivity index (χ2n) is 5.93. The Labute approximate surface area is 117 Å². The lowest BCUT2D eigenvalue weighted by Crippen LogP contribution is -2.36. The van der Waals surface area contributed by atoms with Gasteiger partial charge in [-0.3, -0.25) is 0 Å². The van der Waals surface area contributed by atoms with Crippen molar-refractivity contribution >= 4 is 5.69 Å². The first-order chi connectivity index (χ1) is 8.89. The van der Waals surface area contributed by atoms with Gasteiger partial charge in [-0.1, -0.05) is 19.1 Å². The second-order valence-corrected chi connectivity index (χ2v) is 5.93. The van der Waals surface area contributed by atoms with Gasteiger partial charge in [0.25, 0.3) is 0 Å². The molecule has 1 N–H and O–H groups in total. The summed E-state index contributed by atoms with van der Waals surface area (Å²) >= 11 is 0. The summed E-state index contributed by atoms with van der Waals surface area (Å²) in [4.78, 5) is 2.12. The summed E-state index contributed by atoms with van der Waals surface area (Å²) in [5, 5.41) is 3.43. The van der Waals surface area contributed by atoms with Gasteiger partial charge in [-0.2, -0.15) is 0 Å². The normalized spacial score (nSPS) is 11.7. The van der Waals surface area contributed by atoms with Crippen molar-refractivity contribution in [3.8, 4) is 0 Å². The summed E-state index contributed by atoms with van der Waals surface area (Å²) < 4.78 is 14.2. The van der Waals surface area contributed by atoms with E-state index in [1.807, 2.05) is 6.07 Å². The summed E-state index contributed by atoms with van der Waals surface area (Å²) in [6.07, 6.45) is 1.02. The molecule has 0 atom stereocenters. The van der Waals surface area contributed by atoms with E-state index in [-0.39, 0.29) is 11.4 Å². The van der Waals surface area contributed by atoms with E-state index in [1.165, 1.54) is 0 Å². The number of hydrogen-bond acceptors (Lipinski definition) is 2. The van der Waals surface area contributed by atoms with E-state index < -0.39 is 0 Å².